The fourth-order valence-electron chi connectivity index (χ4n) is 4.30. The molecule has 2 aromatic rings. The van der Waals surface area contributed by atoms with Gasteiger partial charge < -0.3 is 4.84 Å². The minimum absolute atomic E-state index is 0.0497. The maximum absolute atomic E-state index is 12.2. The smallest absolute Gasteiger partial charge is 0.332 e. The number of aromatic nitrogens is 1. The molecular formula is C20H17ClN2O5. The van der Waals surface area contributed by atoms with Crippen molar-refractivity contribution in [2.24, 2.45) is 5.92 Å². The van der Waals surface area contributed by atoms with Crippen LogP contribution in [-0.4, -0.2) is 47.8 Å². The number of rotatable bonds is 0. The number of fused-ring (bicyclic) bond motifs is 1. The van der Waals surface area contributed by atoms with Gasteiger partial charge in [-0.1, -0.05) is 29.8 Å². The lowest BCUT2D eigenvalue weighted by Gasteiger charge is -2.39. The summed E-state index contributed by atoms with van der Waals surface area (Å²) < 4.78 is 1.44. The Kier molecular flexibility index (Phi) is 4.04. The Balaban J connectivity index is 1.70. The molecule has 0 N–H and O–H groups in total. The lowest BCUT2D eigenvalue weighted by molar-refractivity contribution is -0.272. The van der Waals surface area contributed by atoms with Crippen molar-refractivity contribution < 1.29 is 24.2 Å². The first-order valence-electron chi connectivity index (χ1n) is 9.00. The average molecular weight is 401 g/mol. The van der Waals surface area contributed by atoms with Crippen molar-refractivity contribution in [2.45, 2.75) is 12.5 Å². The summed E-state index contributed by atoms with van der Waals surface area (Å²) in [6.07, 6.45) is 5.72. The molecule has 0 fully saturated rings. The van der Waals surface area contributed by atoms with Crippen LogP contribution in [-0.2, 0) is 25.8 Å². The van der Waals surface area contributed by atoms with Gasteiger partial charge in [0.15, 0.2) is 0 Å². The van der Waals surface area contributed by atoms with Gasteiger partial charge in [-0.15, -0.1) is 0 Å². The SMILES string of the molecule is CN1C[C@H]2C=C3c4cccc5c4c(cn5OC(=O)/C=C(\Cl)C(=O)OOC2)C[C@H]31. The molecule has 2 aliphatic heterocycles. The lowest BCUT2D eigenvalue weighted by atomic mass is 9.80. The minimum atomic E-state index is -0.939. The van der Waals surface area contributed by atoms with Gasteiger partial charge in [-0.25, -0.2) is 9.59 Å². The zero-order chi connectivity index (χ0) is 19.4. The van der Waals surface area contributed by atoms with E-state index < -0.39 is 17.0 Å². The molecule has 6 bridgehead atoms. The normalized spacial score (nSPS) is 27.1. The monoisotopic (exact) mass is 400 g/mol. The largest absolute Gasteiger partial charge is 0.384 e. The predicted octanol–water partition coefficient (Wildman–Crippen LogP) is 2.08. The molecule has 0 unspecified atom stereocenters. The van der Waals surface area contributed by atoms with Gasteiger partial charge in [0.1, 0.15) is 11.6 Å². The molecule has 0 amide bonds. The third kappa shape index (κ3) is 2.74. The van der Waals surface area contributed by atoms with Gasteiger partial charge in [0.25, 0.3) is 0 Å². The Morgan fingerprint density at radius 3 is 2.96 bits per heavy atom. The van der Waals surface area contributed by atoms with Crippen molar-refractivity contribution in [1.82, 2.24) is 9.63 Å². The third-order valence-electron chi connectivity index (χ3n) is 5.47. The van der Waals surface area contributed by atoms with Crippen LogP contribution in [0.3, 0.4) is 0 Å². The highest BCUT2D eigenvalue weighted by Crippen LogP contribution is 2.41. The molecule has 2 atom stereocenters. The van der Waals surface area contributed by atoms with Gasteiger partial charge in [-0.05, 0) is 36.2 Å². The number of hydrogen-bond donors (Lipinski definition) is 0. The Bertz CT molecular complexity index is 1070. The van der Waals surface area contributed by atoms with Crippen molar-refractivity contribution in [3.63, 3.8) is 0 Å². The highest BCUT2D eigenvalue weighted by atomic mass is 35.5. The predicted molar refractivity (Wildman–Crippen MR) is 101 cm³/mol. The van der Waals surface area contributed by atoms with Gasteiger partial charge >= 0.3 is 11.9 Å². The number of benzene rings is 1. The van der Waals surface area contributed by atoms with E-state index in [9.17, 15) is 9.59 Å². The number of halogens is 1. The maximum atomic E-state index is 12.2. The third-order valence-corrected chi connectivity index (χ3v) is 5.74. The van der Waals surface area contributed by atoms with Crippen molar-refractivity contribution in [3.8, 4) is 0 Å². The van der Waals surface area contributed by atoms with Crippen LogP contribution in [0.4, 0.5) is 0 Å². The zero-order valence-electron chi connectivity index (χ0n) is 15.1. The summed E-state index contributed by atoms with van der Waals surface area (Å²) in [5.74, 6) is -1.67. The summed E-state index contributed by atoms with van der Waals surface area (Å²) in [6, 6.07) is 6.16. The van der Waals surface area contributed by atoms with Crippen LogP contribution in [0.1, 0.15) is 11.1 Å². The van der Waals surface area contributed by atoms with E-state index in [-0.39, 0.29) is 18.6 Å². The molecule has 0 radical (unpaired) electrons. The number of hydrogen-bond acceptors (Lipinski definition) is 6. The van der Waals surface area contributed by atoms with Crippen molar-refractivity contribution >= 4 is 40.0 Å². The summed E-state index contributed by atoms with van der Waals surface area (Å²) >= 11 is 5.85. The van der Waals surface area contributed by atoms with E-state index >= 15 is 0 Å². The molecule has 0 saturated heterocycles. The molecule has 1 aliphatic carbocycles. The number of likely N-dealkylation sites (N-methyl/N-ethyl adjacent to an activating group) is 1. The summed E-state index contributed by atoms with van der Waals surface area (Å²) in [6.45, 7) is 0.973. The molecule has 0 spiro atoms. The van der Waals surface area contributed by atoms with Crippen LogP contribution >= 0.6 is 11.6 Å². The topological polar surface area (TPSA) is 70.0 Å². The van der Waals surface area contributed by atoms with E-state index in [1.807, 2.05) is 18.3 Å². The lowest BCUT2D eigenvalue weighted by Crippen LogP contribution is -2.43. The minimum Gasteiger partial charge on any atom is -0.332 e. The Labute approximate surface area is 165 Å². The van der Waals surface area contributed by atoms with Crippen LogP contribution < -0.4 is 4.84 Å². The van der Waals surface area contributed by atoms with E-state index in [4.69, 9.17) is 26.2 Å². The van der Waals surface area contributed by atoms with E-state index in [0.717, 1.165) is 41.1 Å². The Morgan fingerprint density at radius 1 is 1.25 bits per heavy atom. The average Bonchev–Trinajstić information content (AvgIpc) is 3.00. The fraction of sp³-hybridized carbons (Fsp3) is 0.300. The zero-order valence-corrected chi connectivity index (χ0v) is 15.8. The van der Waals surface area contributed by atoms with Crippen molar-refractivity contribution in [2.75, 3.05) is 20.2 Å². The maximum Gasteiger partial charge on any atom is 0.384 e. The highest BCUT2D eigenvalue weighted by molar-refractivity contribution is 6.42. The Morgan fingerprint density at radius 2 is 2.11 bits per heavy atom. The Hall–Kier alpha value is -2.61. The van der Waals surface area contributed by atoms with Crippen molar-refractivity contribution in [1.29, 1.82) is 0 Å². The molecule has 3 heterocycles. The molecule has 3 aliphatic rings. The number of nitrogens with zero attached hydrogens (tertiary/aromatic N) is 2. The quantitative estimate of drug-likeness (QED) is 0.631. The van der Waals surface area contributed by atoms with Crippen LogP contribution in [0, 0.1) is 5.92 Å². The summed E-state index contributed by atoms with van der Waals surface area (Å²) in [5, 5.41) is 0.659. The van der Waals surface area contributed by atoms with Crippen LogP contribution in [0.5, 0.6) is 0 Å². The van der Waals surface area contributed by atoms with Crippen LogP contribution in [0.25, 0.3) is 16.5 Å². The second-order valence-corrected chi connectivity index (χ2v) is 7.69. The second-order valence-electron chi connectivity index (χ2n) is 7.28. The standard InChI is InChI=1S/C20H17ClN2O5/c1-22-8-11-5-14-13-3-2-4-16-19(13)12(6-17(14)22)9-23(16)27-18(24)7-15(21)20(25)28-26-10-11/h2-5,7,9,11,17H,6,8,10H2,1H3/b15-7-/t11-,17-/m1/s1. The molecule has 1 aromatic carbocycles. The molecule has 8 heteroatoms. The van der Waals surface area contributed by atoms with Gasteiger partial charge in [-0.2, -0.15) is 9.62 Å². The van der Waals surface area contributed by atoms with Crippen molar-refractivity contribution in [3.05, 3.63) is 52.7 Å². The molecule has 144 valence electrons. The molecule has 28 heavy (non-hydrogen) atoms. The molecule has 0 saturated carbocycles. The van der Waals surface area contributed by atoms with E-state index in [2.05, 4.69) is 24.1 Å². The van der Waals surface area contributed by atoms with Gasteiger partial charge in [0.2, 0.25) is 0 Å². The van der Waals surface area contributed by atoms with Crippen LogP contribution in [0.2, 0.25) is 0 Å². The second kappa shape index (κ2) is 6.48. The van der Waals surface area contributed by atoms with E-state index in [1.54, 1.807) is 0 Å². The molecule has 5 rings (SSSR count). The first-order valence-corrected chi connectivity index (χ1v) is 9.37. The van der Waals surface area contributed by atoms with E-state index in [1.165, 1.54) is 10.3 Å². The summed E-state index contributed by atoms with van der Waals surface area (Å²) in [4.78, 5) is 41.7. The van der Waals surface area contributed by atoms with Crippen LogP contribution in [0.15, 0.2) is 41.6 Å². The molecule has 1 aromatic heterocycles. The first-order chi connectivity index (χ1) is 13.5. The van der Waals surface area contributed by atoms with E-state index in [0.29, 0.717) is 0 Å². The first kappa shape index (κ1) is 17.5. The summed E-state index contributed by atoms with van der Waals surface area (Å²) in [7, 11) is 2.07. The number of carbonyl (C=O) groups is 2. The fourth-order valence-corrected chi connectivity index (χ4v) is 4.43. The van der Waals surface area contributed by atoms with Gasteiger partial charge in [0.05, 0.1) is 11.6 Å². The number of carbonyl (C=O) groups excluding carboxylic acids is 2. The van der Waals surface area contributed by atoms with Gasteiger partial charge in [-0.3, -0.25) is 9.79 Å². The molecule has 7 nitrogen and oxygen atoms in total. The summed E-state index contributed by atoms with van der Waals surface area (Å²) in [5.41, 5.74) is 4.24. The highest BCUT2D eigenvalue weighted by Gasteiger charge is 2.35. The van der Waals surface area contributed by atoms with Gasteiger partial charge in [0, 0.05) is 30.1 Å². The molecular weight excluding hydrogens is 384 g/mol.